The molecular weight excluding hydrogens is 336 g/mol. The quantitative estimate of drug-likeness (QED) is 0.259. The smallest absolute Gasteiger partial charge is 0.250 e. The van der Waals surface area contributed by atoms with Crippen LogP contribution in [0.3, 0.4) is 0 Å². The molecule has 0 fully saturated rings. The molecule has 0 atom stereocenters. The van der Waals surface area contributed by atoms with Gasteiger partial charge in [-0.05, 0) is 49.7 Å². The number of benzene rings is 1. The summed E-state index contributed by atoms with van der Waals surface area (Å²) in [5.41, 5.74) is 5.11. The van der Waals surface area contributed by atoms with E-state index >= 15 is 0 Å². The van der Waals surface area contributed by atoms with Crippen molar-refractivity contribution >= 4 is 23.9 Å². The van der Waals surface area contributed by atoms with Crippen molar-refractivity contribution in [3.05, 3.63) is 59.9 Å². The van der Waals surface area contributed by atoms with Crippen LogP contribution in [0.25, 0.3) is 0 Å². The van der Waals surface area contributed by atoms with Gasteiger partial charge in [0.05, 0.1) is 12.0 Å². The number of carbonyl (C=O) groups excluding carboxylic acids is 1. The van der Waals surface area contributed by atoms with Crippen molar-refractivity contribution in [1.82, 2.24) is 15.4 Å². The number of rotatable bonds is 8. The van der Waals surface area contributed by atoms with Gasteiger partial charge in [0, 0.05) is 11.4 Å². The van der Waals surface area contributed by atoms with Crippen molar-refractivity contribution in [3.8, 4) is 5.75 Å². The summed E-state index contributed by atoms with van der Waals surface area (Å²) in [7, 11) is 0. The summed E-state index contributed by atoms with van der Waals surface area (Å²) < 4.78 is 5.40. The number of ether oxygens (including phenoxy) is 1. The molecule has 0 saturated carbocycles. The van der Waals surface area contributed by atoms with E-state index in [1.165, 1.54) is 11.8 Å². The molecule has 130 valence electrons. The predicted molar refractivity (Wildman–Crippen MR) is 100 cm³/mol. The van der Waals surface area contributed by atoms with Gasteiger partial charge < -0.3 is 4.74 Å². The molecule has 1 heterocycles. The fourth-order valence-corrected chi connectivity index (χ4v) is 2.65. The number of nitrogens with zero attached hydrogens (tertiary/aromatic N) is 3. The monoisotopic (exact) mass is 356 g/mol. The average Bonchev–Trinajstić information content (AvgIpc) is 2.58. The number of aryl methyl sites for hydroxylation is 2. The van der Waals surface area contributed by atoms with Crippen LogP contribution in [0.2, 0.25) is 0 Å². The van der Waals surface area contributed by atoms with Crippen LogP contribution in [0.4, 0.5) is 0 Å². The van der Waals surface area contributed by atoms with E-state index in [0.29, 0.717) is 11.8 Å². The molecule has 0 radical (unpaired) electrons. The molecule has 2 aromatic rings. The maximum Gasteiger partial charge on any atom is 0.250 e. The Morgan fingerprint density at radius 1 is 1.28 bits per heavy atom. The summed E-state index contributed by atoms with van der Waals surface area (Å²) in [5.74, 6) is 0.745. The predicted octanol–water partition coefficient (Wildman–Crippen LogP) is 2.90. The fourth-order valence-electron chi connectivity index (χ4n) is 1.90. The summed E-state index contributed by atoms with van der Waals surface area (Å²) in [5, 5.41) is 4.53. The molecule has 1 aromatic carbocycles. The largest absolute Gasteiger partial charge is 0.490 e. The van der Waals surface area contributed by atoms with Crippen LogP contribution in [0.5, 0.6) is 5.75 Å². The Labute approximate surface area is 151 Å². The highest BCUT2D eigenvalue weighted by atomic mass is 32.2. The molecule has 1 aromatic heterocycles. The van der Waals surface area contributed by atoms with Gasteiger partial charge in [-0.2, -0.15) is 5.10 Å². The van der Waals surface area contributed by atoms with Crippen LogP contribution in [-0.2, 0) is 4.79 Å². The highest BCUT2D eigenvalue weighted by molar-refractivity contribution is 7.99. The number of hydrogen-bond donors (Lipinski definition) is 1. The molecule has 0 unspecified atom stereocenters. The summed E-state index contributed by atoms with van der Waals surface area (Å²) in [6, 6.07) is 9.26. The maximum absolute atomic E-state index is 11.8. The van der Waals surface area contributed by atoms with Gasteiger partial charge in [0.15, 0.2) is 5.16 Å². The van der Waals surface area contributed by atoms with E-state index in [2.05, 4.69) is 27.1 Å². The Morgan fingerprint density at radius 3 is 2.60 bits per heavy atom. The van der Waals surface area contributed by atoms with Crippen molar-refractivity contribution in [2.24, 2.45) is 5.10 Å². The van der Waals surface area contributed by atoms with Gasteiger partial charge in [-0.1, -0.05) is 24.4 Å². The molecule has 0 aliphatic heterocycles. The first-order valence-corrected chi connectivity index (χ1v) is 8.66. The second-order valence-electron chi connectivity index (χ2n) is 5.18. The van der Waals surface area contributed by atoms with Crippen molar-refractivity contribution in [2.45, 2.75) is 19.0 Å². The lowest BCUT2D eigenvalue weighted by molar-refractivity contribution is -0.118. The topological polar surface area (TPSA) is 76.5 Å². The number of amides is 1. The lowest BCUT2D eigenvalue weighted by Gasteiger charge is -2.03. The summed E-state index contributed by atoms with van der Waals surface area (Å²) >= 11 is 1.28. The Balaban J connectivity index is 1.78. The molecule has 0 saturated heterocycles. The fraction of sp³-hybridized carbons (Fsp3) is 0.222. The second-order valence-corrected chi connectivity index (χ2v) is 6.13. The van der Waals surface area contributed by atoms with E-state index in [-0.39, 0.29) is 11.7 Å². The van der Waals surface area contributed by atoms with Crippen LogP contribution in [0, 0.1) is 13.8 Å². The lowest BCUT2D eigenvalue weighted by atomic mass is 10.2. The Morgan fingerprint density at radius 2 is 1.96 bits per heavy atom. The molecule has 7 heteroatoms. The van der Waals surface area contributed by atoms with Gasteiger partial charge in [-0.3, -0.25) is 4.79 Å². The lowest BCUT2D eigenvalue weighted by Crippen LogP contribution is -2.19. The van der Waals surface area contributed by atoms with Crippen molar-refractivity contribution in [3.63, 3.8) is 0 Å². The van der Waals surface area contributed by atoms with E-state index in [9.17, 15) is 4.79 Å². The second kappa shape index (κ2) is 9.58. The van der Waals surface area contributed by atoms with Crippen molar-refractivity contribution in [2.75, 3.05) is 12.4 Å². The summed E-state index contributed by atoms with van der Waals surface area (Å²) in [4.78, 5) is 20.4. The zero-order valence-corrected chi connectivity index (χ0v) is 15.0. The van der Waals surface area contributed by atoms with Crippen LogP contribution in [-0.4, -0.2) is 34.4 Å². The molecule has 0 aliphatic rings. The third kappa shape index (κ3) is 6.76. The Hall–Kier alpha value is -2.67. The molecule has 25 heavy (non-hydrogen) atoms. The van der Waals surface area contributed by atoms with Crippen molar-refractivity contribution < 1.29 is 9.53 Å². The molecule has 0 bridgehead atoms. The minimum absolute atomic E-state index is 0.203. The molecule has 1 N–H and O–H groups in total. The number of carbonyl (C=O) groups is 1. The van der Waals surface area contributed by atoms with Crippen LogP contribution >= 0.6 is 11.8 Å². The highest BCUT2D eigenvalue weighted by Crippen LogP contribution is 2.13. The number of aromatic nitrogens is 2. The van der Waals surface area contributed by atoms with Gasteiger partial charge in [0.1, 0.15) is 12.4 Å². The molecule has 0 aliphatic carbocycles. The zero-order valence-electron chi connectivity index (χ0n) is 14.2. The first kappa shape index (κ1) is 18.7. The first-order chi connectivity index (χ1) is 12.1. The highest BCUT2D eigenvalue weighted by Gasteiger charge is 2.05. The van der Waals surface area contributed by atoms with Crippen LogP contribution in [0.1, 0.15) is 17.0 Å². The zero-order chi connectivity index (χ0) is 18.1. The standard InChI is InChI=1S/C18H20N4O2S/c1-4-9-24-16-7-5-15(6-8-16)11-19-22-17(23)12-25-18-20-13(2)10-14(3)21-18/h4-8,10-11H,1,9,12H2,2-3H3,(H,22,23)/b19-11-. The number of thioether (sulfide) groups is 1. The average molecular weight is 356 g/mol. The number of nitrogens with one attached hydrogen (secondary N) is 1. The van der Waals surface area contributed by atoms with E-state index in [1.54, 1.807) is 12.3 Å². The molecule has 1 amide bonds. The van der Waals surface area contributed by atoms with Crippen LogP contribution < -0.4 is 10.2 Å². The van der Waals surface area contributed by atoms with Gasteiger partial charge >= 0.3 is 0 Å². The molecule has 6 nitrogen and oxygen atoms in total. The van der Waals surface area contributed by atoms with Crippen molar-refractivity contribution in [1.29, 1.82) is 0 Å². The molecular formula is C18H20N4O2S. The normalized spacial score (nSPS) is 10.6. The Bertz CT molecular complexity index is 740. The molecule has 0 spiro atoms. The first-order valence-electron chi connectivity index (χ1n) is 7.67. The summed E-state index contributed by atoms with van der Waals surface area (Å²) in [6.45, 7) is 7.86. The van der Waals surface area contributed by atoms with Gasteiger partial charge in [-0.25, -0.2) is 15.4 Å². The van der Waals surface area contributed by atoms with Gasteiger partial charge in [0.2, 0.25) is 0 Å². The maximum atomic E-state index is 11.8. The van der Waals surface area contributed by atoms with Gasteiger partial charge in [0.25, 0.3) is 5.91 Å². The van der Waals surface area contributed by atoms with E-state index in [4.69, 9.17) is 4.74 Å². The van der Waals surface area contributed by atoms with Crippen LogP contribution in [0.15, 0.2) is 53.2 Å². The van der Waals surface area contributed by atoms with Gasteiger partial charge in [-0.15, -0.1) is 0 Å². The number of hydrazone groups is 1. The number of hydrogen-bond acceptors (Lipinski definition) is 6. The SMILES string of the molecule is C=CCOc1ccc(/C=N\NC(=O)CSc2nc(C)cc(C)n2)cc1. The Kier molecular flexibility index (Phi) is 7.16. The minimum Gasteiger partial charge on any atom is -0.490 e. The molecule has 2 rings (SSSR count). The van der Waals surface area contributed by atoms with E-state index in [1.807, 2.05) is 44.2 Å². The third-order valence-electron chi connectivity index (χ3n) is 2.94. The van der Waals surface area contributed by atoms with E-state index in [0.717, 1.165) is 22.7 Å². The van der Waals surface area contributed by atoms with E-state index < -0.39 is 0 Å². The summed E-state index contributed by atoms with van der Waals surface area (Å²) in [6.07, 6.45) is 3.26. The minimum atomic E-state index is -0.213. The third-order valence-corrected chi connectivity index (χ3v) is 3.79.